The highest BCUT2D eigenvalue weighted by atomic mass is 14.8. The molecule has 6 nitrogen and oxygen atoms in total. The van der Waals surface area contributed by atoms with Crippen LogP contribution in [-0.2, 0) is 0 Å². The summed E-state index contributed by atoms with van der Waals surface area (Å²) in [7, 11) is 0. The highest BCUT2D eigenvalue weighted by molar-refractivity contribution is 5.92. The fourth-order valence-corrected chi connectivity index (χ4v) is 3.42. The molecule has 0 aliphatic rings. The fourth-order valence-electron chi connectivity index (χ4n) is 3.42. The third-order valence-electron chi connectivity index (χ3n) is 4.90. The van der Waals surface area contributed by atoms with Gasteiger partial charge in [-0.1, -0.05) is 60.7 Å². The summed E-state index contributed by atoms with van der Waals surface area (Å²) in [4.78, 5) is 9.66. The first kappa shape index (κ1) is 20.0. The van der Waals surface area contributed by atoms with Crippen molar-refractivity contribution in [2.75, 3.05) is 0 Å². The molecule has 0 saturated carbocycles. The largest absolute Gasteiger partial charge is 0.243 e. The van der Waals surface area contributed by atoms with E-state index < -0.39 is 0 Å². The molecular formula is C26H12N6. The van der Waals surface area contributed by atoms with Gasteiger partial charge < -0.3 is 0 Å². The van der Waals surface area contributed by atoms with Gasteiger partial charge in [0.2, 0.25) is 0 Å². The van der Waals surface area contributed by atoms with E-state index in [1.54, 1.807) is 0 Å². The van der Waals surface area contributed by atoms with E-state index in [0.29, 0.717) is 21.8 Å². The van der Waals surface area contributed by atoms with Gasteiger partial charge in [0.05, 0.1) is 22.4 Å². The van der Waals surface area contributed by atoms with Crippen molar-refractivity contribution in [1.29, 1.82) is 21.0 Å². The summed E-state index contributed by atoms with van der Waals surface area (Å²) in [6.07, 6.45) is 0. The molecule has 1 heterocycles. The van der Waals surface area contributed by atoms with Gasteiger partial charge in [-0.3, -0.25) is 0 Å². The Balaban J connectivity index is 2.32. The molecule has 0 atom stereocenters. The molecule has 0 radical (unpaired) electrons. The molecule has 146 valence electrons. The Hall–Kier alpha value is -5.30. The second kappa shape index (κ2) is 8.60. The van der Waals surface area contributed by atoms with Crippen LogP contribution in [0.3, 0.4) is 0 Å². The minimum atomic E-state index is -0.127. The average Bonchev–Trinajstić information content (AvgIpc) is 2.86. The maximum absolute atomic E-state index is 9.46. The summed E-state index contributed by atoms with van der Waals surface area (Å²) in [6, 6.07) is 29.5. The van der Waals surface area contributed by atoms with Gasteiger partial charge in [0.25, 0.3) is 0 Å². The zero-order chi connectivity index (χ0) is 22.5. The Kier molecular flexibility index (Phi) is 5.37. The van der Waals surface area contributed by atoms with Gasteiger partial charge in [0, 0.05) is 21.6 Å². The third-order valence-corrected chi connectivity index (χ3v) is 4.90. The molecule has 0 aliphatic carbocycles. The Morgan fingerprint density at radius 1 is 0.500 bits per heavy atom. The number of nitrogens with zero attached hydrogens (tertiary/aromatic N) is 6. The molecule has 3 aromatic carbocycles. The third kappa shape index (κ3) is 3.42. The van der Waals surface area contributed by atoms with Crippen LogP contribution in [0.4, 0.5) is 0 Å². The molecule has 4 aromatic rings. The summed E-state index contributed by atoms with van der Waals surface area (Å²) >= 11 is 0. The van der Waals surface area contributed by atoms with Gasteiger partial charge in [-0.2, -0.15) is 21.0 Å². The lowest BCUT2D eigenvalue weighted by atomic mass is 10.0. The van der Waals surface area contributed by atoms with E-state index in [2.05, 4.69) is 0 Å². The summed E-state index contributed by atoms with van der Waals surface area (Å²) in [5.74, 6) is 0. The first-order chi connectivity index (χ1) is 15.7. The van der Waals surface area contributed by atoms with Gasteiger partial charge in [-0.25, -0.2) is 9.97 Å². The maximum Gasteiger partial charge on any atom is 0.139 e. The molecule has 0 bridgehead atoms. The molecular weight excluding hydrogens is 396 g/mol. The minimum absolute atomic E-state index is 0.127. The van der Waals surface area contributed by atoms with E-state index in [1.165, 1.54) is 12.1 Å². The van der Waals surface area contributed by atoms with Gasteiger partial charge >= 0.3 is 0 Å². The zero-order valence-corrected chi connectivity index (χ0v) is 16.6. The number of hydrogen-bond acceptors (Lipinski definition) is 6. The standard InChI is InChI=1S/C26H12N6/c27-13-19(14-28)21-11-12-22(20(15-29)16-30)26-25(21)31-23(17-7-3-1-4-8-17)24(32-26)18-9-5-2-6-10-18/h1-12H. The van der Waals surface area contributed by atoms with Crippen molar-refractivity contribution in [2.45, 2.75) is 0 Å². The number of aromatic nitrogens is 2. The molecule has 0 N–H and O–H groups in total. The first-order valence-corrected chi connectivity index (χ1v) is 9.52. The van der Waals surface area contributed by atoms with Gasteiger partial charge in [-0.05, 0) is 12.1 Å². The second-order valence-electron chi connectivity index (χ2n) is 6.71. The number of hydrogen-bond donors (Lipinski definition) is 0. The van der Waals surface area contributed by atoms with Crippen molar-refractivity contribution < 1.29 is 0 Å². The van der Waals surface area contributed by atoms with Crippen LogP contribution >= 0.6 is 0 Å². The van der Waals surface area contributed by atoms with E-state index in [0.717, 1.165) is 11.1 Å². The minimum Gasteiger partial charge on any atom is -0.243 e. The molecule has 4 rings (SSSR count). The highest BCUT2D eigenvalue weighted by Gasteiger charge is 2.16. The Labute approximate surface area is 183 Å². The number of benzene rings is 3. The molecule has 0 amide bonds. The SMILES string of the molecule is N#CC(C#N)=c1ccc(=C(C#N)C#N)c2nc(-c3ccccc3)c(-c3ccccc3)nc12. The van der Waals surface area contributed by atoms with E-state index in [9.17, 15) is 21.0 Å². The monoisotopic (exact) mass is 408 g/mol. The molecule has 1 aromatic heterocycles. The molecule has 0 saturated heterocycles. The van der Waals surface area contributed by atoms with Crippen LogP contribution in [0.15, 0.2) is 72.8 Å². The van der Waals surface area contributed by atoms with Crippen LogP contribution < -0.4 is 10.4 Å². The molecule has 6 heteroatoms. The molecule has 0 fully saturated rings. The number of nitriles is 4. The summed E-state index contributed by atoms with van der Waals surface area (Å²) in [5, 5.41) is 38.4. The van der Waals surface area contributed by atoms with Crippen LogP contribution in [-0.4, -0.2) is 9.97 Å². The average molecular weight is 408 g/mol. The van der Waals surface area contributed by atoms with Crippen molar-refractivity contribution in [3.63, 3.8) is 0 Å². The topological polar surface area (TPSA) is 121 Å². The fraction of sp³-hybridized carbons (Fsp3) is 0. The lowest BCUT2D eigenvalue weighted by Gasteiger charge is -2.11. The molecule has 0 unspecified atom stereocenters. The van der Waals surface area contributed by atoms with Gasteiger partial charge in [-0.15, -0.1) is 0 Å². The van der Waals surface area contributed by atoms with Crippen molar-refractivity contribution >= 4 is 22.2 Å². The number of rotatable bonds is 2. The Morgan fingerprint density at radius 2 is 0.844 bits per heavy atom. The summed E-state index contributed by atoms with van der Waals surface area (Å²) < 4.78 is 0. The zero-order valence-electron chi connectivity index (χ0n) is 16.6. The molecule has 0 spiro atoms. The normalized spacial score (nSPS) is 9.75. The Morgan fingerprint density at radius 3 is 1.16 bits per heavy atom. The lowest BCUT2D eigenvalue weighted by molar-refractivity contribution is 1.27. The van der Waals surface area contributed by atoms with E-state index in [4.69, 9.17) is 9.97 Å². The quantitative estimate of drug-likeness (QED) is 0.501. The van der Waals surface area contributed by atoms with E-state index in [1.807, 2.05) is 84.9 Å². The number of fused-ring (bicyclic) bond motifs is 1. The van der Waals surface area contributed by atoms with Crippen LogP contribution in [0.2, 0.25) is 0 Å². The second-order valence-corrected chi connectivity index (χ2v) is 6.71. The van der Waals surface area contributed by atoms with Gasteiger partial charge in [0.15, 0.2) is 0 Å². The van der Waals surface area contributed by atoms with Crippen molar-refractivity contribution in [1.82, 2.24) is 9.97 Å². The predicted molar refractivity (Wildman–Crippen MR) is 119 cm³/mol. The van der Waals surface area contributed by atoms with Crippen molar-refractivity contribution in [3.05, 3.63) is 83.2 Å². The molecule has 0 aliphatic heterocycles. The Bertz CT molecular complexity index is 1480. The van der Waals surface area contributed by atoms with Crippen molar-refractivity contribution in [2.24, 2.45) is 0 Å². The highest BCUT2D eigenvalue weighted by Crippen LogP contribution is 2.29. The van der Waals surface area contributed by atoms with Crippen LogP contribution in [0.5, 0.6) is 0 Å². The maximum atomic E-state index is 9.46. The first-order valence-electron chi connectivity index (χ1n) is 9.52. The summed E-state index contributed by atoms with van der Waals surface area (Å²) in [6.45, 7) is 0. The van der Waals surface area contributed by atoms with E-state index in [-0.39, 0.29) is 22.2 Å². The van der Waals surface area contributed by atoms with Crippen LogP contribution in [0.25, 0.3) is 44.7 Å². The van der Waals surface area contributed by atoms with Crippen LogP contribution in [0, 0.1) is 45.3 Å². The van der Waals surface area contributed by atoms with Crippen molar-refractivity contribution in [3.8, 4) is 46.8 Å². The van der Waals surface area contributed by atoms with Crippen LogP contribution in [0.1, 0.15) is 0 Å². The summed E-state index contributed by atoms with van der Waals surface area (Å²) in [5.41, 5.74) is 3.04. The lowest BCUT2D eigenvalue weighted by Crippen LogP contribution is -2.18. The van der Waals surface area contributed by atoms with E-state index >= 15 is 0 Å². The predicted octanol–water partition coefficient (Wildman–Crippen LogP) is 3.36. The smallest absolute Gasteiger partial charge is 0.139 e. The molecule has 32 heavy (non-hydrogen) atoms. The van der Waals surface area contributed by atoms with Gasteiger partial charge in [0.1, 0.15) is 35.4 Å².